The normalized spacial score (nSPS) is 13.9. The Labute approximate surface area is 344 Å². The molecule has 0 aliphatic carbocycles. The third kappa shape index (κ3) is 9.99. The van der Waals surface area contributed by atoms with Crippen LogP contribution in [0.5, 0.6) is 11.5 Å². The Morgan fingerprint density at radius 2 is 1.57 bits per heavy atom. The van der Waals surface area contributed by atoms with Crippen LogP contribution in [0.4, 0.5) is 0 Å². The molecule has 1 heterocycles. The second kappa shape index (κ2) is 19.9. The van der Waals surface area contributed by atoms with Gasteiger partial charge < -0.3 is 14.8 Å². The number of nitrogens with one attached hydrogen (secondary N) is 1. The van der Waals surface area contributed by atoms with Crippen LogP contribution in [0.2, 0.25) is 0 Å². The van der Waals surface area contributed by atoms with Gasteiger partial charge in [0.1, 0.15) is 12.2 Å². The van der Waals surface area contributed by atoms with E-state index < -0.39 is 17.9 Å². The van der Waals surface area contributed by atoms with E-state index in [-0.39, 0.29) is 22.4 Å². The largest absolute Gasteiger partial charge is 0.490 e. The lowest BCUT2D eigenvalue weighted by Gasteiger charge is -2.28. The van der Waals surface area contributed by atoms with Crippen LogP contribution in [0, 0.1) is 0 Å². The number of thioether (sulfide) groups is 1. The molecule has 5 aromatic rings. The Morgan fingerprint density at radius 1 is 0.879 bits per heavy atom. The van der Waals surface area contributed by atoms with Crippen molar-refractivity contribution in [3.8, 4) is 11.5 Å². The number of ether oxygens (including phenoxy) is 2. The highest BCUT2D eigenvalue weighted by atomic mass is 32.2. The predicted octanol–water partition coefficient (Wildman–Crippen LogP) is 9.94. The molecule has 1 N–H and O–H groups in total. The molecule has 0 fully saturated rings. The highest BCUT2D eigenvalue weighted by molar-refractivity contribution is 8.14. The third-order valence-corrected chi connectivity index (χ3v) is 10.2. The first-order valence-corrected chi connectivity index (χ1v) is 20.0. The van der Waals surface area contributed by atoms with Crippen molar-refractivity contribution >= 4 is 51.5 Å². The smallest absolute Gasteiger partial charge is 0.285 e. The first kappa shape index (κ1) is 40.9. The molecule has 0 atom stereocenters. The number of carbonyl (C=O) groups is 3. The van der Waals surface area contributed by atoms with E-state index >= 15 is 0 Å². The zero-order valence-electron chi connectivity index (χ0n) is 32.6. The lowest BCUT2D eigenvalue weighted by atomic mass is 9.99. The molecule has 292 valence electrons. The molecule has 9 heteroatoms. The number of amidine groups is 1. The van der Waals surface area contributed by atoms with Crippen LogP contribution in [-0.4, -0.2) is 40.1 Å². The van der Waals surface area contributed by atoms with Crippen molar-refractivity contribution in [3.05, 3.63) is 198 Å². The quantitative estimate of drug-likeness (QED) is 0.0463. The van der Waals surface area contributed by atoms with Gasteiger partial charge in [-0.3, -0.25) is 19.3 Å². The van der Waals surface area contributed by atoms with Gasteiger partial charge in [-0.1, -0.05) is 140 Å². The number of hydrogen-bond donors (Lipinski definition) is 1. The molecule has 0 saturated carbocycles. The number of allylic oxidation sites excluding steroid dienone is 5. The zero-order valence-corrected chi connectivity index (χ0v) is 33.4. The summed E-state index contributed by atoms with van der Waals surface area (Å²) in [7, 11) is 0. The molecule has 0 aromatic heterocycles. The molecule has 5 aromatic carbocycles. The predicted molar refractivity (Wildman–Crippen MR) is 235 cm³/mol. The van der Waals surface area contributed by atoms with Crippen molar-refractivity contribution < 1.29 is 23.9 Å². The van der Waals surface area contributed by atoms with Crippen LogP contribution < -0.4 is 14.8 Å². The number of hydrogen-bond acceptors (Lipinski definition) is 6. The fourth-order valence-electron chi connectivity index (χ4n) is 6.54. The van der Waals surface area contributed by atoms with Crippen LogP contribution in [-0.2, 0) is 27.4 Å². The molecule has 0 bridgehead atoms. The Bertz CT molecular complexity index is 2400. The number of carbonyl (C=O) groups excluding carboxylic acids is 3. The minimum absolute atomic E-state index is 0.0832. The van der Waals surface area contributed by atoms with Gasteiger partial charge in [-0.05, 0) is 83.6 Å². The van der Waals surface area contributed by atoms with Gasteiger partial charge in [-0.2, -0.15) is 4.99 Å². The molecule has 1 aliphatic rings. The number of rotatable bonds is 16. The molecular formula is C49H45N3O5S. The zero-order chi connectivity index (χ0) is 40.9. The number of fused-ring (bicyclic) bond motifs is 1. The lowest BCUT2D eigenvalue weighted by molar-refractivity contribution is -0.126. The summed E-state index contributed by atoms with van der Waals surface area (Å²) in [5, 5.41) is 5.47. The lowest BCUT2D eigenvalue weighted by Crippen LogP contribution is -2.42. The van der Waals surface area contributed by atoms with Gasteiger partial charge >= 0.3 is 0 Å². The standard InChI is InChI=1S/C49H45N3O5S/c1-5-9-25-41(7-3)52-48(55)42(47(54)51-49(52)58-33-44(53)50-45(37-20-12-10-13-21-37)38-22-14-11-15-23-38)30-35-29-40(18-6-2)46(43(31-35)56-8-4)57-32-34-26-27-36-19-16-17-24-39(36)28-34/h5-7,9-17,19-31,45H,1-2,8,18,32-33H2,3-4H3,(H,50,53)/b25-9-,41-7+,42-30+. The fourth-order valence-corrected chi connectivity index (χ4v) is 7.35. The Balaban J connectivity index is 1.29. The van der Waals surface area contributed by atoms with Crippen molar-refractivity contribution in [2.75, 3.05) is 12.4 Å². The average molecular weight is 788 g/mol. The third-order valence-electron chi connectivity index (χ3n) is 9.24. The maximum Gasteiger partial charge on any atom is 0.285 e. The molecule has 6 rings (SSSR count). The second-order valence-corrected chi connectivity index (χ2v) is 14.2. The van der Waals surface area contributed by atoms with Crippen molar-refractivity contribution in [3.63, 3.8) is 0 Å². The monoisotopic (exact) mass is 787 g/mol. The highest BCUT2D eigenvalue weighted by Crippen LogP contribution is 2.36. The van der Waals surface area contributed by atoms with E-state index in [0.29, 0.717) is 42.4 Å². The summed E-state index contributed by atoms with van der Waals surface area (Å²) in [6.45, 7) is 12.0. The summed E-state index contributed by atoms with van der Waals surface area (Å²) in [5.74, 6) is -0.676. The average Bonchev–Trinajstić information content (AvgIpc) is 3.25. The maximum absolute atomic E-state index is 14.4. The topological polar surface area (TPSA) is 97.3 Å². The van der Waals surface area contributed by atoms with E-state index in [1.54, 1.807) is 43.4 Å². The van der Waals surface area contributed by atoms with Crippen LogP contribution in [0.25, 0.3) is 16.8 Å². The second-order valence-electron chi connectivity index (χ2n) is 13.2. The summed E-state index contributed by atoms with van der Waals surface area (Å²) in [6.07, 6.45) is 10.4. The summed E-state index contributed by atoms with van der Waals surface area (Å²) >= 11 is 1.01. The number of aliphatic imine (C=N–C) groups is 1. The van der Waals surface area contributed by atoms with Crippen LogP contribution in [0.1, 0.15) is 47.7 Å². The Kier molecular flexibility index (Phi) is 14.1. The molecule has 58 heavy (non-hydrogen) atoms. The minimum atomic E-state index is -0.723. The molecular weight excluding hydrogens is 743 g/mol. The van der Waals surface area contributed by atoms with Crippen molar-refractivity contribution in [2.45, 2.75) is 32.9 Å². The van der Waals surface area contributed by atoms with Crippen LogP contribution >= 0.6 is 11.8 Å². The van der Waals surface area contributed by atoms with Gasteiger partial charge in [-0.25, -0.2) is 0 Å². The van der Waals surface area contributed by atoms with Crippen LogP contribution in [0.3, 0.4) is 0 Å². The van der Waals surface area contributed by atoms with Gasteiger partial charge in [0.2, 0.25) is 5.91 Å². The molecule has 0 saturated heterocycles. The fraction of sp³-hybridized carbons (Fsp3) is 0.143. The van der Waals surface area contributed by atoms with E-state index in [9.17, 15) is 14.4 Å². The van der Waals surface area contributed by atoms with E-state index in [2.05, 4.69) is 47.7 Å². The Morgan fingerprint density at radius 3 is 2.22 bits per heavy atom. The van der Waals surface area contributed by atoms with E-state index in [4.69, 9.17) is 9.47 Å². The van der Waals surface area contributed by atoms with Crippen molar-refractivity contribution in [1.82, 2.24) is 10.2 Å². The van der Waals surface area contributed by atoms with Gasteiger partial charge in [-0.15, -0.1) is 6.58 Å². The molecule has 8 nitrogen and oxygen atoms in total. The number of amides is 3. The minimum Gasteiger partial charge on any atom is -0.490 e. The van der Waals surface area contributed by atoms with Gasteiger partial charge in [0.25, 0.3) is 11.8 Å². The SMILES string of the molecule is C=C/C=C\C(=C/C)N1C(=O)/C(=C/c2cc(CC=C)c(OCc3ccc4ccccc4c3)c(OCC)c2)C(=O)N=C1SCC(=O)NC(c1ccccc1)c1ccccc1. The van der Waals surface area contributed by atoms with E-state index in [0.717, 1.165) is 44.8 Å². The van der Waals surface area contributed by atoms with E-state index in [1.165, 1.54) is 11.0 Å². The molecule has 1 aliphatic heterocycles. The number of nitrogens with zero attached hydrogens (tertiary/aromatic N) is 2. The Hall–Kier alpha value is -6.71. The summed E-state index contributed by atoms with van der Waals surface area (Å²) in [4.78, 5) is 47.5. The molecule has 0 radical (unpaired) electrons. The summed E-state index contributed by atoms with van der Waals surface area (Å²) in [5.41, 5.74) is 4.48. The maximum atomic E-state index is 14.4. The van der Waals surface area contributed by atoms with Crippen molar-refractivity contribution in [2.24, 2.45) is 4.99 Å². The van der Waals surface area contributed by atoms with Gasteiger partial charge in [0.05, 0.1) is 18.4 Å². The van der Waals surface area contributed by atoms with Gasteiger partial charge in [0, 0.05) is 11.3 Å². The molecule has 3 amide bonds. The van der Waals surface area contributed by atoms with Crippen molar-refractivity contribution in [1.29, 1.82) is 0 Å². The van der Waals surface area contributed by atoms with E-state index in [1.807, 2.05) is 91.9 Å². The van der Waals surface area contributed by atoms with Gasteiger partial charge in [0.15, 0.2) is 16.7 Å². The highest BCUT2D eigenvalue weighted by Gasteiger charge is 2.35. The first-order valence-electron chi connectivity index (χ1n) is 19.0. The van der Waals surface area contributed by atoms with Crippen LogP contribution in [0.15, 0.2) is 175 Å². The summed E-state index contributed by atoms with van der Waals surface area (Å²) < 4.78 is 12.5. The molecule has 0 spiro atoms. The molecule has 0 unspecified atom stereocenters. The number of benzene rings is 5. The first-order chi connectivity index (χ1) is 28.3. The summed E-state index contributed by atoms with van der Waals surface area (Å²) in [6, 6.07) is 36.9.